The largest absolute Gasteiger partial charge is 0.497 e. The first-order valence-electron chi connectivity index (χ1n) is 12.4. The van der Waals surface area contributed by atoms with Crippen molar-refractivity contribution in [2.75, 3.05) is 46.6 Å². The van der Waals surface area contributed by atoms with Gasteiger partial charge in [0.25, 0.3) is 0 Å². The fourth-order valence-electron chi connectivity index (χ4n) is 5.53. The molecule has 1 saturated carbocycles. The Balaban J connectivity index is 1.85. The molecule has 1 aromatic rings. The van der Waals surface area contributed by atoms with E-state index in [0.717, 1.165) is 43.5 Å². The molecule has 0 N–H and O–H groups in total. The second-order valence-corrected chi connectivity index (χ2v) is 8.81. The average Bonchev–Trinajstić information content (AvgIpc) is 3.21. The summed E-state index contributed by atoms with van der Waals surface area (Å²) in [5.74, 6) is -0.0770. The minimum atomic E-state index is -1.02. The van der Waals surface area contributed by atoms with Crippen molar-refractivity contribution in [3.8, 4) is 5.75 Å². The Hall–Kier alpha value is -1.67. The van der Waals surface area contributed by atoms with Crippen LogP contribution >= 0.6 is 0 Å². The van der Waals surface area contributed by atoms with Gasteiger partial charge in [0.1, 0.15) is 5.75 Å². The molecule has 0 bridgehead atoms. The molecular weight excluding hydrogens is 422 g/mol. The zero-order chi connectivity index (χ0) is 23.9. The van der Waals surface area contributed by atoms with Crippen LogP contribution in [0.3, 0.4) is 0 Å². The van der Waals surface area contributed by atoms with Gasteiger partial charge in [-0.25, -0.2) is 4.79 Å². The highest BCUT2D eigenvalue weighted by molar-refractivity contribution is 5.82. The van der Waals surface area contributed by atoms with Crippen molar-refractivity contribution >= 4 is 5.97 Å². The maximum Gasteiger partial charge on any atom is 0.340 e. The molecule has 2 fully saturated rings. The maximum atomic E-state index is 13.3. The predicted molar refractivity (Wildman–Crippen MR) is 127 cm³/mol. The predicted octanol–water partition coefficient (Wildman–Crippen LogP) is 4.14. The summed E-state index contributed by atoms with van der Waals surface area (Å²) < 4.78 is 29.2. The maximum absolute atomic E-state index is 13.3. The van der Waals surface area contributed by atoms with Crippen LogP contribution < -0.4 is 4.74 Å². The standard InChI is InChI=1S/C26H41NO6/c1-6-30-24(28)26(33-9-4)19-27(18-23(26)20-10-12-22(29-5)13-11-20)21-14-16-25(17-15-21,31-7-2)32-8-3/h10-13,21,23H,6-9,14-19H2,1-5H3/t23-,26-/m0/s1. The molecule has 0 unspecified atom stereocenters. The van der Waals surface area contributed by atoms with Crippen molar-refractivity contribution in [3.05, 3.63) is 29.8 Å². The Kier molecular flexibility index (Phi) is 9.16. The van der Waals surface area contributed by atoms with E-state index in [2.05, 4.69) is 4.90 Å². The lowest BCUT2D eigenvalue weighted by Gasteiger charge is -2.42. The molecule has 1 saturated heterocycles. The molecule has 3 rings (SSSR count). The lowest BCUT2D eigenvalue weighted by atomic mass is 9.84. The Labute approximate surface area is 198 Å². The molecule has 1 heterocycles. The lowest BCUT2D eigenvalue weighted by molar-refractivity contribution is -0.252. The summed E-state index contributed by atoms with van der Waals surface area (Å²) >= 11 is 0. The Morgan fingerprint density at radius 3 is 2.06 bits per heavy atom. The van der Waals surface area contributed by atoms with E-state index in [1.54, 1.807) is 7.11 Å². The number of likely N-dealkylation sites (tertiary alicyclic amines) is 1. The normalized spacial score (nSPS) is 25.8. The number of rotatable bonds is 11. The number of carbonyl (C=O) groups excluding carboxylic acids is 1. The van der Waals surface area contributed by atoms with Crippen molar-refractivity contribution < 1.29 is 28.5 Å². The van der Waals surface area contributed by atoms with Gasteiger partial charge in [0.2, 0.25) is 0 Å². The molecule has 2 atom stereocenters. The van der Waals surface area contributed by atoms with Crippen LogP contribution in [0.4, 0.5) is 0 Å². The van der Waals surface area contributed by atoms with Gasteiger partial charge in [-0.05, 0) is 58.2 Å². The van der Waals surface area contributed by atoms with Crippen molar-refractivity contribution in [1.82, 2.24) is 4.90 Å². The van der Waals surface area contributed by atoms with Crippen LogP contribution in [0.2, 0.25) is 0 Å². The van der Waals surface area contributed by atoms with E-state index in [-0.39, 0.29) is 11.9 Å². The molecule has 0 aromatic heterocycles. The second kappa shape index (κ2) is 11.6. The molecule has 1 aliphatic heterocycles. The van der Waals surface area contributed by atoms with Gasteiger partial charge >= 0.3 is 5.97 Å². The fourth-order valence-corrected chi connectivity index (χ4v) is 5.53. The second-order valence-electron chi connectivity index (χ2n) is 8.81. The zero-order valence-corrected chi connectivity index (χ0v) is 20.9. The smallest absolute Gasteiger partial charge is 0.340 e. The summed E-state index contributed by atoms with van der Waals surface area (Å²) in [6.07, 6.45) is 3.62. The molecule has 1 aliphatic carbocycles. The number of hydrogen-bond donors (Lipinski definition) is 0. The van der Waals surface area contributed by atoms with E-state index in [9.17, 15) is 4.79 Å². The first kappa shape index (κ1) is 25.9. The van der Waals surface area contributed by atoms with Crippen molar-refractivity contribution in [2.24, 2.45) is 0 Å². The molecular formula is C26H41NO6. The molecule has 0 spiro atoms. The monoisotopic (exact) mass is 463 g/mol. The third-order valence-electron chi connectivity index (χ3n) is 7.01. The highest BCUT2D eigenvalue weighted by Gasteiger charge is 2.56. The van der Waals surface area contributed by atoms with Gasteiger partial charge in [-0.3, -0.25) is 4.90 Å². The van der Waals surface area contributed by atoms with E-state index in [1.165, 1.54) is 0 Å². The minimum absolute atomic E-state index is 0.118. The van der Waals surface area contributed by atoms with Crippen LogP contribution in [-0.4, -0.2) is 74.9 Å². The van der Waals surface area contributed by atoms with Crippen LogP contribution in [-0.2, 0) is 23.7 Å². The number of benzene rings is 1. The SMILES string of the molecule is CCOC(=O)[C@]1(OCC)CN(C2CCC(OCC)(OCC)CC2)C[C@H]1c1ccc(OC)cc1. The molecule has 0 amide bonds. The van der Waals surface area contributed by atoms with Crippen LogP contribution in [0.15, 0.2) is 24.3 Å². The topological polar surface area (TPSA) is 66.5 Å². The zero-order valence-electron chi connectivity index (χ0n) is 20.9. The van der Waals surface area contributed by atoms with Gasteiger partial charge in [-0.15, -0.1) is 0 Å². The van der Waals surface area contributed by atoms with Crippen LogP contribution in [0.25, 0.3) is 0 Å². The molecule has 33 heavy (non-hydrogen) atoms. The van der Waals surface area contributed by atoms with Crippen molar-refractivity contribution in [2.45, 2.75) is 76.7 Å². The Bertz CT molecular complexity index is 738. The van der Waals surface area contributed by atoms with Crippen molar-refractivity contribution in [3.63, 3.8) is 0 Å². The van der Waals surface area contributed by atoms with E-state index < -0.39 is 11.4 Å². The molecule has 186 valence electrons. The number of methoxy groups -OCH3 is 1. The third kappa shape index (κ3) is 5.53. The first-order chi connectivity index (χ1) is 16.0. The van der Waals surface area contributed by atoms with Crippen LogP contribution in [0, 0.1) is 0 Å². The first-order valence-corrected chi connectivity index (χ1v) is 12.4. The number of ether oxygens (including phenoxy) is 5. The van der Waals surface area contributed by atoms with Gasteiger partial charge in [0.05, 0.1) is 13.7 Å². The number of carbonyl (C=O) groups is 1. The summed E-state index contributed by atoms with van der Waals surface area (Å²) in [6.45, 7) is 11.1. The highest BCUT2D eigenvalue weighted by Crippen LogP contribution is 2.44. The summed E-state index contributed by atoms with van der Waals surface area (Å²) in [5, 5.41) is 0. The highest BCUT2D eigenvalue weighted by atomic mass is 16.7. The fraction of sp³-hybridized carbons (Fsp3) is 0.731. The van der Waals surface area contributed by atoms with Gasteiger partial charge in [-0.1, -0.05) is 12.1 Å². The number of hydrogen-bond acceptors (Lipinski definition) is 7. The van der Waals surface area contributed by atoms with E-state index in [0.29, 0.717) is 39.0 Å². The molecule has 1 aromatic carbocycles. The number of nitrogens with zero attached hydrogens (tertiary/aromatic N) is 1. The van der Waals surface area contributed by atoms with Gasteiger partial charge < -0.3 is 23.7 Å². The lowest BCUT2D eigenvalue weighted by Crippen LogP contribution is -2.51. The number of esters is 1. The van der Waals surface area contributed by atoms with E-state index in [4.69, 9.17) is 23.7 Å². The summed E-state index contributed by atoms with van der Waals surface area (Å²) in [4.78, 5) is 15.7. The molecule has 7 nitrogen and oxygen atoms in total. The van der Waals surface area contributed by atoms with Gasteiger partial charge in [0, 0.05) is 57.7 Å². The average molecular weight is 464 g/mol. The molecule has 0 radical (unpaired) electrons. The minimum Gasteiger partial charge on any atom is -0.497 e. The molecule has 7 heteroatoms. The van der Waals surface area contributed by atoms with Gasteiger partial charge in [0.15, 0.2) is 11.4 Å². The van der Waals surface area contributed by atoms with E-state index >= 15 is 0 Å². The van der Waals surface area contributed by atoms with Crippen molar-refractivity contribution in [1.29, 1.82) is 0 Å². The Morgan fingerprint density at radius 1 is 0.939 bits per heavy atom. The Morgan fingerprint density at radius 2 is 1.55 bits per heavy atom. The summed E-state index contributed by atoms with van der Waals surface area (Å²) in [7, 11) is 1.66. The summed E-state index contributed by atoms with van der Waals surface area (Å²) in [5.41, 5.74) is 0.0434. The van der Waals surface area contributed by atoms with Gasteiger partial charge in [-0.2, -0.15) is 0 Å². The van der Waals surface area contributed by atoms with Crippen LogP contribution in [0.5, 0.6) is 5.75 Å². The summed E-state index contributed by atoms with van der Waals surface area (Å²) in [6, 6.07) is 8.31. The molecule has 2 aliphatic rings. The quantitative estimate of drug-likeness (QED) is 0.361. The van der Waals surface area contributed by atoms with Crippen LogP contribution in [0.1, 0.15) is 64.9 Å². The van der Waals surface area contributed by atoms with E-state index in [1.807, 2.05) is 52.0 Å². The third-order valence-corrected chi connectivity index (χ3v) is 7.01.